The molecular formula is C24H42N2O2. The standard InChI is InChI=1S/C24H42N2O2/c1-18-16-25(23-13-6-7-14-24(23)26(18)19(2)27)17-20-9-8-12-22(15-20)28-21-10-4-3-5-11-21/h18,20-24H,3-17H2,1-2H3/t18-,20?,22?,23?,24?/m0/s1. The van der Waals surface area contributed by atoms with E-state index in [4.69, 9.17) is 4.74 Å². The number of rotatable bonds is 4. The van der Waals surface area contributed by atoms with E-state index in [0.29, 0.717) is 30.3 Å². The van der Waals surface area contributed by atoms with Crippen LogP contribution in [0, 0.1) is 5.92 Å². The molecule has 0 N–H and O–H groups in total. The molecule has 3 saturated carbocycles. The average Bonchev–Trinajstić information content (AvgIpc) is 2.69. The van der Waals surface area contributed by atoms with Crippen molar-refractivity contribution in [3.05, 3.63) is 0 Å². The van der Waals surface area contributed by atoms with E-state index in [0.717, 1.165) is 12.5 Å². The second-order valence-electron chi connectivity index (χ2n) is 10.2. The van der Waals surface area contributed by atoms with Crippen LogP contribution in [-0.2, 0) is 9.53 Å². The maximum Gasteiger partial charge on any atom is 0.220 e. The average molecular weight is 391 g/mol. The van der Waals surface area contributed by atoms with Gasteiger partial charge in [-0.15, -0.1) is 0 Å². The second kappa shape index (κ2) is 9.47. The van der Waals surface area contributed by atoms with Gasteiger partial charge in [0, 0.05) is 38.1 Å². The van der Waals surface area contributed by atoms with Crippen LogP contribution in [0.5, 0.6) is 0 Å². The SMILES string of the molecule is CC(=O)N1C2CCCCC2N(CC2CCCC(OC3CCCCC3)C2)C[C@@H]1C. The normalized spacial score (nSPS) is 38.2. The highest BCUT2D eigenvalue weighted by molar-refractivity contribution is 5.74. The minimum Gasteiger partial charge on any atom is -0.375 e. The number of ether oxygens (including phenoxy) is 1. The van der Waals surface area contributed by atoms with E-state index < -0.39 is 0 Å². The molecule has 4 aliphatic rings. The maximum absolute atomic E-state index is 12.3. The van der Waals surface area contributed by atoms with Crippen LogP contribution in [0.1, 0.15) is 97.3 Å². The molecule has 0 bridgehead atoms. The summed E-state index contributed by atoms with van der Waals surface area (Å²) >= 11 is 0. The van der Waals surface area contributed by atoms with Crippen molar-refractivity contribution in [2.75, 3.05) is 13.1 Å². The van der Waals surface area contributed by atoms with E-state index in [2.05, 4.69) is 16.7 Å². The molecule has 0 aromatic rings. The van der Waals surface area contributed by atoms with Gasteiger partial charge in [-0.25, -0.2) is 0 Å². The van der Waals surface area contributed by atoms with E-state index in [-0.39, 0.29) is 5.91 Å². The molecule has 4 nitrogen and oxygen atoms in total. The topological polar surface area (TPSA) is 32.8 Å². The minimum atomic E-state index is 0.280. The van der Waals surface area contributed by atoms with Gasteiger partial charge in [-0.2, -0.15) is 0 Å². The number of carbonyl (C=O) groups is 1. The molecule has 0 aromatic heterocycles. The van der Waals surface area contributed by atoms with Crippen molar-refractivity contribution in [3.8, 4) is 0 Å². The van der Waals surface area contributed by atoms with Gasteiger partial charge in [-0.1, -0.05) is 38.5 Å². The van der Waals surface area contributed by atoms with Gasteiger partial charge < -0.3 is 9.64 Å². The van der Waals surface area contributed by atoms with Crippen molar-refractivity contribution >= 4 is 5.91 Å². The molecule has 1 amide bonds. The number of carbonyl (C=O) groups excluding carboxylic acids is 1. The van der Waals surface area contributed by atoms with Crippen LogP contribution in [0.4, 0.5) is 0 Å². The van der Waals surface area contributed by atoms with Crippen molar-refractivity contribution < 1.29 is 9.53 Å². The smallest absolute Gasteiger partial charge is 0.220 e. The van der Waals surface area contributed by atoms with E-state index in [9.17, 15) is 4.79 Å². The molecule has 1 saturated heterocycles. The number of amides is 1. The number of nitrogens with zero attached hydrogens (tertiary/aromatic N) is 2. The Bertz CT molecular complexity index is 519. The molecule has 4 fully saturated rings. The molecule has 4 heteroatoms. The predicted octanol–water partition coefficient (Wildman–Crippen LogP) is 4.76. The Morgan fingerprint density at radius 3 is 2.29 bits per heavy atom. The first-order valence-electron chi connectivity index (χ1n) is 12.3. The van der Waals surface area contributed by atoms with Gasteiger partial charge in [0.25, 0.3) is 0 Å². The summed E-state index contributed by atoms with van der Waals surface area (Å²) in [5.74, 6) is 1.06. The number of piperazine rings is 1. The zero-order valence-corrected chi connectivity index (χ0v) is 18.3. The molecule has 1 heterocycles. The molecule has 3 aliphatic carbocycles. The van der Waals surface area contributed by atoms with Gasteiger partial charge in [0.05, 0.1) is 12.2 Å². The molecule has 5 atom stereocenters. The Morgan fingerprint density at radius 2 is 1.54 bits per heavy atom. The lowest BCUT2D eigenvalue weighted by Gasteiger charge is -2.53. The molecule has 0 radical (unpaired) electrons. The molecule has 4 rings (SSSR count). The van der Waals surface area contributed by atoms with Crippen LogP contribution in [-0.4, -0.2) is 59.1 Å². The summed E-state index contributed by atoms with van der Waals surface area (Å²) in [5.41, 5.74) is 0. The highest BCUT2D eigenvalue weighted by atomic mass is 16.5. The molecule has 0 spiro atoms. The Hall–Kier alpha value is -0.610. The van der Waals surface area contributed by atoms with Crippen LogP contribution in [0.25, 0.3) is 0 Å². The van der Waals surface area contributed by atoms with Gasteiger partial charge in [-0.05, 0) is 57.8 Å². The summed E-state index contributed by atoms with van der Waals surface area (Å²) in [6, 6.07) is 1.40. The van der Waals surface area contributed by atoms with Crippen molar-refractivity contribution in [3.63, 3.8) is 0 Å². The second-order valence-corrected chi connectivity index (χ2v) is 10.2. The van der Waals surface area contributed by atoms with Crippen LogP contribution in [0.3, 0.4) is 0 Å². The monoisotopic (exact) mass is 390 g/mol. The van der Waals surface area contributed by atoms with Crippen molar-refractivity contribution in [1.82, 2.24) is 9.80 Å². The van der Waals surface area contributed by atoms with Crippen molar-refractivity contribution in [2.45, 2.75) is 128 Å². The molecule has 0 aromatic carbocycles. The van der Waals surface area contributed by atoms with Crippen molar-refractivity contribution in [1.29, 1.82) is 0 Å². The third-order valence-electron chi connectivity index (χ3n) is 8.02. The summed E-state index contributed by atoms with van der Waals surface area (Å²) in [6.45, 7) is 6.31. The van der Waals surface area contributed by atoms with Crippen LogP contribution < -0.4 is 0 Å². The Balaban J connectivity index is 1.35. The summed E-state index contributed by atoms with van der Waals surface area (Å²) in [5, 5.41) is 0. The first-order chi connectivity index (χ1) is 13.6. The minimum absolute atomic E-state index is 0.280. The van der Waals surface area contributed by atoms with Crippen LogP contribution >= 0.6 is 0 Å². The summed E-state index contributed by atoms with van der Waals surface area (Å²) < 4.78 is 6.56. The largest absolute Gasteiger partial charge is 0.375 e. The highest BCUT2D eigenvalue weighted by Gasteiger charge is 2.43. The fourth-order valence-electron chi connectivity index (χ4n) is 6.82. The fraction of sp³-hybridized carbons (Fsp3) is 0.958. The summed E-state index contributed by atoms with van der Waals surface area (Å²) in [4.78, 5) is 17.3. The molecule has 4 unspecified atom stereocenters. The lowest BCUT2D eigenvalue weighted by atomic mass is 9.82. The Kier molecular flexibility index (Phi) is 6.98. The number of hydrogen-bond acceptors (Lipinski definition) is 3. The van der Waals surface area contributed by atoms with Crippen LogP contribution in [0.15, 0.2) is 0 Å². The maximum atomic E-state index is 12.3. The number of fused-ring (bicyclic) bond motifs is 1. The fourth-order valence-corrected chi connectivity index (χ4v) is 6.82. The zero-order valence-electron chi connectivity index (χ0n) is 18.3. The predicted molar refractivity (Wildman–Crippen MR) is 113 cm³/mol. The first kappa shape index (κ1) is 20.7. The quantitative estimate of drug-likeness (QED) is 0.694. The van der Waals surface area contributed by atoms with Crippen molar-refractivity contribution in [2.24, 2.45) is 5.92 Å². The van der Waals surface area contributed by atoms with Crippen LogP contribution in [0.2, 0.25) is 0 Å². The summed E-state index contributed by atoms with van der Waals surface area (Å²) in [6.07, 6.45) is 18.1. The molecule has 28 heavy (non-hydrogen) atoms. The zero-order chi connectivity index (χ0) is 19.5. The van der Waals surface area contributed by atoms with E-state index >= 15 is 0 Å². The van der Waals surface area contributed by atoms with Gasteiger partial charge in [0.15, 0.2) is 0 Å². The third-order valence-corrected chi connectivity index (χ3v) is 8.02. The lowest BCUT2D eigenvalue weighted by molar-refractivity contribution is -0.142. The van der Waals surface area contributed by atoms with E-state index in [1.54, 1.807) is 6.92 Å². The molecular weight excluding hydrogens is 348 g/mol. The number of hydrogen-bond donors (Lipinski definition) is 0. The van der Waals surface area contributed by atoms with E-state index in [1.165, 1.54) is 90.0 Å². The first-order valence-corrected chi connectivity index (χ1v) is 12.3. The molecule has 160 valence electrons. The highest BCUT2D eigenvalue weighted by Crippen LogP contribution is 2.36. The Labute approximate surface area is 172 Å². The van der Waals surface area contributed by atoms with E-state index in [1.807, 2.05) is 0 Å². The lowest BCUT2D eigenvalue weighted by Crippen LogP contribution is -2.65. The summed E-state index contributed by atoms with van der Waals surface area (Å²) in [7, 11) is 0. The third kappa shape index (κ3) is 4.75. The van der Waals surface area contributed by atoms with Gasteiger partial charge in [0.2, 0.25) is 5.91 Å². The van der Waals surface area contributed by atoms with Gasteiger partial charge in [0.1, 0.15) is 0 Å². The van der Waals surface area contributed by atoms with Gasteiger partial charge >= 0.3 is 0 Å². The molecule has 1 aliphatic heterocycles. The Morgan fingerprint density at radius 1 is 0.857 bits per heavy atom. The van der Waals surface area contributed by atoms with Gasteiger partial charge in [-0.3, -0.25) is 9.69 Å².